The van der Waals surface area contributed by atoms with Crippen molar-refractivity contribution in [1.82, 2.24) is 0 Å². The molecule has 0 fully saturated rings. The molecule has 1 aliphatic heterocycles. The number of para-hydroxylation sites is 1. The van der Waals surface area contributed by atoms with Gasteiger partial charge in [-0.1, -0.05) is 18.2 Å². The van der Waals surface area contributed by atoms with E-state index < -0.39 is 6.10 Å². The van der Waals surface area contributed by atoms with Crippen LogP contribution in [0.4, 0.5) is 5.69 Å². The van der Waals surface area contributed by atoms with Crippen LogP contribution in [-0.4, -0.2) is 31.3 Å². The Hall–Kier alpha value is -2.53. The molecule has 3 rings (SSSR count). The van der Waals surface area contributed by atoms with E-state index in [-0.39, 0.29) is 18.4 Å². The van der Waals surface area contributed by atoms with Crippen molar-refractivity contribution < 1.29 is 19.4 Å². The van der Waals surface area contributed by atoms with Gasteiger partial charge in [-0.15, -0.1) is 0 Å². The van der Waals surface area contributed by atoms with Crippen molar-refractivity contribution in [2.75, 3.05) is 19.1 Å². The lowest BCUT2D eigenvalue weighted by atomic mass is 10.0. The molecule has 2 aromatic rings. The van der Waals surface area contributed by atoms with Crippen molar-refractivity contribution in [3.05, 3.63) is 53.6 Å². The van der Waals surface area contributed by atoms with Crippen LogP contribution in [0, 0.1) is 0 Å². The van der Waals surface area contributed by atoms with Crippen LogP contribution >= 0.6 is 0 Å². The Morgan fingerprint density at radius 3 is 2.73 bits per heavy atom. The third-order valence-electron chi connectivity index (χ3n) is 4.91. The lowest BCUT2D eigenvalue weighted by Gasteiger charge is -2.23. The summed E-state index contributed by atoms with van der Waals surface area (Å²) >= 11 is 0. The summed E-state index contributed by atoms with van der Waals surface area (Å²) < 4.78 is 10.5. The number of ether oxygens (including phenoxy) is 2. The van der Waals surface area contributed by atoms with Crippen LogP contribution in [0.25, 0.3) is 0 Å². The van der Waals surface area contributed by atoms with E-state index in [1.165, 1.54) is 5.56 Å². The van der Waals surface area contributed by atoms with Gasteiger partial charge in [0.25, 0.3) is 0 Å². The summed E-state index contributed by atoms with van der Waals surface area (Å²) in [5.74, 6) is 1.26. The molecule has 26 heavy (non-hydrogen) atoms. The highest BCUT2D eigenvalue weighted by Crippen LogP contribution is 2.34. The number of nitrogens with zero attached hydrogens (tertiary/aromatic N) is 1. The lowest BCUT2D eigenvalue weighted by Crippen LogP contribution is -2.35. The minimum atomic E-state index is -0.770. The third kappa shape index (κ3) is 3.53. The van der Waals surface area contributed by atoms with Crippen molar-refractivity contribution in [1.29, 1.82) is 0 Å². The van der Waals surface area contributed by atoms with Crippen molar-refractivity contribution >= 4 is 11.6 Å². The highest BCUT2D eigenvalue weighted by atomic mass is 16.5. The number of amides is 1. The van der Waals surface area contributed by atoms with Gasteiger partial charge >= 0.3 is 0 Å². The highest BCUT2D eigenvalue weighted by molar-refractivity contribution is 5.96. The molecule has 0 aliphatic carbocycles. The number of benzene rings is 2. The Balaban J connectivity index is 1.68. The van der Waals surface area contributed by atoms with Gasteiger partial charge in [-0.25, -0.2) is 0 Å². The SMILES string of the molecule is COc1ccc(C(O)CCC(=O)N2c3ccccc3CC2C)c(OC)c1. The van der Waals surface area contributed by atoms with Gasteiger partial charge in [-0.3, -0.25) is 4.79 Å². The maximum Gasteiger partial charge on any atom is 0.227 e. The Morgan fingerprint density at radius 1 is 1.23 bits per heavy atom. The van der Waals surface area contributed by atoms with Gasteiger partial charge < -0.3 is 19.5 Å². The number of carbonyl (C=O) groups is 1. The molecule has 0 saturated heterocycles. The molecule has 1 aliphatic rings. The van der Waals surface area contributed by atoms with E-state index in [0.29, 0.717) is 23.5 Å². The van der Waals surface area contributed by atoms with Gasteiger partial charge in [0.05, 0.1) is 20.3 Å². The summed E-state index contributed by atoms with van der Waals surface area (Å²) in [6.45, 7) is 2.06. The maximum absolute atomic E-state index is 12.8. The average molecular weight is 355 g/mol. The predicted molar refractivity (Wildman–Crippen MR) is 101 cm³/mol. The number of hydrogen-bond acceptors (Lipinski definition) is 4. The summed E-state index contributed by atoms with van der Waals surface area (Å²) in [5.41, 5.74) is 2.85. The first-order chi connectivity index (χ1) is 12.5. The van der Waals surface area contributed by atoms with Crippen molar-refractivity contribution in [3.8, 4) is 11.5 Å². The number of aliphatic hydroxyl groups is 1. The number of aliphatic hydroxyl groups excluding tert-OH is 1. The average Bonchev–Trinajstić information content (AvgIpc) is 3.00. The number of hydrogen-bond donors (Lipinski definition) is 1. The second kappa shape index (κ2) is 7.79. The Labute approximate surface area is 154 Å². The number of anilines is 1. The number of carbonyl (C=O) groups excluding carboxylic acids is 1. The van der Waals surface area contributed by atoms with E-state index in [2.05, 4.69) is 13.0 Å². The fourth-order valence-corrected chi connectivity index (χ4v) is 3.58. The summed E-state index contributed by atoms with van der Waals surface area (Å²) in [6, 6.07) is 13.4. The summed E-state index contributed by atoms with van der Waals surface area (Å²) in [6.07, 6.45) is 0.714. The van der Waals surface area contributed by atoms with Crippen LogP contribution in [0.3, 0.4) is 0 Å². The van der Waals surface area contributed by atoms with Gasteiger partial charge in [0.1, 0.15) is 11.5 Å². The van der Waals surface area contributed by atoms with Crippen LogP contribution in [-0.2, 0) is 11.2 Å². The molecule has 0 bridgehead atoms. The predicted octanol–water partition coefficient (Wildman–Crippen LogP) is 3.50. The number of rotatable bonds is 6. The van der Waals surface area contributed by atoms with Crippen molar-refractivity contribution in [3.63, 3.8) is 0 Å². The quantitative estimate of drug-likeness (QED) is 0.862. The normalized spacial score (nSPS) is 16.9. The van der Waals surface area contributed by atoms with E-state index in [1.807, 2.05) is 23.1 Å². The molecular weight excluding hydrogens is 330 g/mol. The van der Waals surface area contributed by atoms with E-state index in [9.17, 15) is 9.90 Å². The summed E-state index contributed by atoms with van der Waals surface area (Å²) in [5, 5.41) is 10.6. The molecule has 5 heteroatoms. The van der Waals surface area contributed by atoms with Crippen molar-refractivity contribution in [2.45, 2.75) is 38.3 Å². The second-order valence-corrected chi connectivity index (χ2v) is 6.61. The largest absolute Gasteiger partial charge is 0.497 e. The first-order valence-corrected chi connectivity index (χ1v) is 8.85. The fraction of sp³-hybridized carbons (Fsp3) is 0.381. The van der Waals surface area contributed by atoms with Crippen LogP contribution in [0.5, 0.6) is 11.5 Å². The zero-order chi connectivity index (χ0) is 18.7. The standard InChI is InChI=1S/C21H25NO4/c1-14-12-15-6-4-5-7-18(15)22(14)21(24)11-10-19(23)17-9-8-16(25-2)13-20(17)26-3/h4-9,13-14,19,23H,10-12H2,1-3H3. The molecule has 0 radical (unpaired) electrons. The fourth-order valence-electron chi connectivity index (χ4n) is 3.58. The summed E-state index contributed by atoms with van der Waals surface area (Å²) in [4.78, 5) is 14.6. The Kier molecular flexibility index (Phi) is 5.47. The van der Waals surface area contributed by atoms with E-state index in [0.717, 1.165) is 12.1 Å². The van der Waals surface area contributed by atoms with Crippen LogP contribution in [0.15, 0.2) is 42.5 Å². The summed E-state index contributed by atoms with van der Waals surface area (Å²) in [7, 11) is 3.14. The van der Waals surface area contributed by atoms with Gasteiger partial charge in [0.15, 0.2) is 0 Å². The molecule has 0 aromatic heterocycles. The van der Waals surface area contributed by atoms with Crippen LogP contribution < -0.4 is 14.4 Å². The number of methoxy groups -OCH3 is 2. The monoisotopic (exact) mass is 355 g/mol. The molecule has 138 valence electrons. The van der Waals surface area contributed by atoms with E-state index in [1.54, 1.807) is 32.4 Å². The van der Waals surface area contributed by atoms with E-state index in [4.69, 9.17) is 9.47 Å². The van der Waals surface area contributed by atoms with Crippen molar-refractivity contribution in [2.24, 2.45) is 0 Å². The van der Waals surface area contributed by atoms with E-state index >= 15 is 0 Å². The Morgan fingerprint density at radius 2 is 2.00 bits per heavy atom. The van der Waals surface area contributed by atoms with Gasteiger partial charge in [0.2, 0.25) is 5.91 Å². The minimum absolute atomic E-state index is 0.0361. The topological polar surface area (TPSA) is 59.0 Å². The molecule has 2 unspecified atom stereocenters. The minimum Gasteiger partial charge on any atom is -0.497 e. The molecule has 1 heterocycles. The third-order valence-corrected chi connectivity index (χ3v) is 4.91. The zero-order valence-electron chi connectivity index (χ0n) is 15.4. The number of fused-ring (bicyclic) bond motifs is 1. The molecule has 1 amide bonds. The smallest absolute Gasteiger partial charge is 0.227 e. The second-order valence-electron chi connectivity index (χ2n) is 6.61. The van der Waals surface area contributed by atoms with Gasteiger partial charge in [-0.2, -0.15) is 0 Å². The maximum atomic E-state index is 12.8. The first kappa shape index (κ1) is 18.3. The zero-order valence-corrected chi connectivity index (χ0v) is 15.4. The van der Waals surface area contributed by atoms with Crippen LogP contribution in [0.2, 0.25) is 0 Å². The Bertz CT molecular complexity index is 789. The lowest BCUT2D eigenvalue weighted by molar-refractivity contribution is -0.119. The van der Waals surface area contributed by atoms with Crippen LogP contribution in [0.1, 0.15) is 37.0 Å². The highest BCUT2D eigenvalue weighted by Gasteiger charge is 2.30. The first-order valence-electron chi connectivity index (χ1n) is 8.85. The van der Waals surface area contributed by atoms with Gasteiger partial charge in [-0.05, 0) is 43.5 Å². The molecule has 5 nitrogen and oxygen atoms in total. The molecule has 2 atom stereocenters. The molecule has 0 saturated carbocycles. The molecule has 1 N–H and O–H groups in total. The molecular formula is C21H25NO4. The molecule has 0 spiro atoms. The molecule has 2 aromatic carbocycles. The van der Waals surface area contributed by atoms with Gasteiger partial charge in [0, 0.05) is 29.8 Å².